The van der Waals surface area contributed by atoms with Gasteiger partial charge in [0.25, 0.3) is 5.91 Å². The van der Waals surface area contributed by atoms with Gasteiger partial charge in [0.1, 0.15) is 5.56 Å². The molecule has 0 bridgehead atoms. The van der Waals surface area contributed by atoms with E-state index in [0.29, 0.717) is 29.1 Å². The minimum atomic E-state index is -0.329. The van der Waals surface area contributed by atoms with Gasteiger partial charge in [-0.1, -0.05) is 0 Å². The molecule has 21 heavy (non-hydrogen) atoms. The zero-order valence-corrected chi connectivity index (χ0v) is 12.2. The van der Waals surface area contributed by atoms with Gasteiger partial charge < -0.3 is 15.0 Å². The van der Waals surface area contributed by atoms with Crippen molar-refractivity contribution >= 4 is 11.6 Å². The largest absolute Gasteiger partial charge is 0.477 e. The Hall–Kier alpha value is -2.63. The van der Waals surface area contributed by atoms with Gasteiger partial charge in [0.2, 0.25) is 11.4 Å². The number of H-pyrrole nitrogens is 1. The third-order valence-electron chi connectivity index (χ3n) is 2.96. The number of carbonyl (C=O) groups is 1. The van der Waals surface area contributed by atoms with Gasteiger partial charge in [-0.25, -0.2) is 4.98 Å². The SMILES string of the molecule is CCOc1ncccc1C(=O)Nc1c(C)cc(=O)[nH]c1C. The number of anilines is 1. The summed E-state index contributed by atoms with van der Waals surface area (Å²) in [5.41, 5.74) is 2.05. The molecule has 2 aromatic rings. The highest BCUT2D eigenvalue weighted by molar-refractivity contribution is 6.06. The molecule has 0 aliphatic heterocycles. The van der Waals surface area contributed by atoms with Gasteiger partial charge in [0, 0.05) is 18.0 Å². The van der Waals surface area contributed by atoms with E-state index in [1.54, 1.807) is 32.2 Å². The fourth-order valence-corrected chi connectivity index (χ4v) is 2.04. The van der Waals surface area contributed by atoms with Gasteiger partial charge in [-0.3, -0.25) is 9.59 Å². The van der Waals surface area contributed by atoms with Crippen LogP contribution in [-0.4, -0.2) is 22.5 Å². The summed E-state index contributed by atoms with van der Waals surface area (Å²) in [6.07, 6.45) is 1.57. The molecule has 6 heteroatoms. The summed E-state index contributed by atoms with van der Waals surface area (Å²) in [5, 5.41) is 2.79. The van der Waals surface area contributed by atoms with Crippen LogP contribution in [0.5, 0.6) is 5.88 Å². The first-order valence-electron chi connectivity index (χ1n) is 6.62. The van der Waals surface area contributed by atoms with E-state index >= 15 is 0 Å². The molecule has 2 N–H and O–H groups in total. The quantitative estimate of drug-likeness (QED) is 0.901. The number of aryl methyl sites for hydroxylation is 2. The highest BCUT2D eigenvalue weighted by atomic mass is 16.5. The van der Waals surface area contributed by atoms with E-state index in [2.05, 4.69) is 15.3 Å². The number of rotatable bonds is 4. The molecule has 0 saturated carbocycles. The molecule has 0 aliphatic carbocycles. The van der Waals surface area contributed by atoms with E-state index in [-0.39, 0.29) is 17.3 Å². The van der Waals surface area contributed by atoms with Crippen LogP contribution in [0.1, 0.15) is 28.5 Å². The van der Waals surface area contributed by atoms with E-state index in [1.807, 2.05) is 6.92 Å². The highest BCUT2D eigenvalue weighted by Gasteiger charge is 2.15. The van der Waals surface area contributed by atoms with Crippen molar-refractivity contribution in [2.75, 3.05) is 11.9 Å². The molecular weight excluding hydrogens is 270 g/mol. The molecule has 0 spiro atoms. The maximum absolute atomic E-state index is 12.4. The molecule has 0 radical (unpaired) electrons. The van der Waals surface area contributed by atoms with Gasteiger partial charge in [-0.2, -0.15) is 0 Å². The number of aromatic amines is 1. The van der Waals surface area contributed by atoms with Crippen LogP contribution < -0.4 is 15.6 Å². The standard InChI is InChI=1S/C15H17N3O3/c1-4-21-15-11(6-5-7-16-15)14(20)18-13-9(2)8-12(19)17-10(13)3/h5-8H,4H2,1-3H3,(H,17,19)(H,18,20). The first kappa shape index (κ1) is 14.8. The zero-order chi connectivity index (χ0) is 15.4. The minimum absolute atomic E-state index is 0.195. The van der Waals surface area contributed by atoms with E-state index in [0.717, 1.165) is 0 Å². The lowest BCUT2D eigenvalue weighted by molar-refractivity contribution is 0.102. The Balaban J connectivity index is 2.33. The maximum atomic E-state index is 12.4. The van der Waals surface area contributed by atoms with Crippen LogP contribution in [0.2, 0.25) is 0 Å². The number of carbonyl (C=O) groups excluding carboxylic acids is 1. The number of pyridine rings is 2. The fourth-order valence-electron chi connectivity index (χ4n) is 2.04. The third kappa shape index (κ3) is 3.28. The molecular formula is C15H17N3O3. The first-order valence-corrected chi connectivity index (χ1v) is 6.62. The van der Waals surface area contributed by atoms with Gasteiger partial charge in [-0.15, -0.1) is 0 Å². The van der Waals surface area contributed by atoms with E-state index < -0.39 is 0 Å². The number of aromatic nitrogens is 2. The first-order chi connectivity index (χ1) is 10.0. The Morgan fingerprint density at radius 2 is 2.19 bits per heavy atom. The average molecular weight is 287 g/mol. The van der Waals surface area contributed by atoms with Crippen molar-refractivity contribution in [2.45, 2.75) is 20.8 Å². The third-order valence-corrected chi connectivity index (χ3v) is 2.96. The molecule has 0 aliphatic rings. The van der Waals surface area contributed by atoms with Crippen LogP contribution in [0.15, 0.2) is 29.2 Å². The summed E-state index contributed by atoms with van der Waals surface area (Å²) in [5.74, 6) is -0.0398. The number of hydrogen-bond donors (Lipinski definition) is 2. The number of nitrogens with one attached hydrogen (secondary N) is 2. The van der Waals surface area contributed by atoms with E-state index in [9.17, 15) is 9.59 Å². The molecule has 6 nitrogen and oxygen atoms in total. The van der Waals surface area contributed by atoms with Crippen LogP contribution in [0.3, 0.4) is 0 Å². The molecule has 2 heterocycles. The lowest BCUT2D eigenvalue weighted by Gasteiger charge is -2.12. The molecule has 0 unspecified atom stereocenters. The van der Waals surface area contributed by atoms with Crippen molar-refractivity contribution in [3.05, 3.63) is 51.6 Å². The summed E-state index contributed by atoms with van der Waals surface area (Å²) in [4.78, 5) is 30.4. The predicted octanol–water partition coefficient (Wildman–Crippen LogP) is 2.04. The van der Waals surface area contributed by atoms with Crippen molar-refractivity contribution in [1.82, 2.24) is 9.97 Å². The highest BCUT2D eigenvalue weighted by Crippen LogP contribution is 2.20. The number of hydrogen-bond acceptors (Lipinski definition) is 4. The van der Waals surface area contributed by atoms with Crippen molar-refractivity contribution in [2.24, 2.45) is 0 Å². The topological polar surface area (TPSA) is 84.1 Å². The van der Waals surface area contributed by atoms with Crippen LogP contribution in [0, 0.1) is 13.8 Å². The molecule has 0 aromatic carbocycles. The van der Waals surface area contributed by atoms with Gasteiger partial charge in [0.15, 0.2) is 0 Å². The summed E-state index contributed by atoms with van der Waals surface area (Å²) in [6, 6.07) is 4.75. The van der Waals surface area contributed by atoms with Crippen molar-refractivity contribution in [3.8, 4) is 5.88 Å². The number of amides is 1. The average Bonchev–Trinajstić information content (AvgIpc) is 2.43. The zero-order valence-electron chi connectivity index (χ0n) is 12.2. The minimum Gasteiger partial charge on any atom is -0.477 e. The monoisotopic (exact) mass is 287 g/mol. The van der Waals surface area contributed by atoms with Crippen LogP contribution in [0.4, 0.5) is 5.69 Å². The molecule has 110 valence electrons. The normalized spacial score (nSPS) is 10.2. The number of nitrogens with zero attached hydrogens (tertiary/aromatic N) is 1. The Morgan fingerprint density at radius 1 is 1.43 bits per heavy atom. The smallest absolute Gasteiger partial charge is 0.261 e. The van der Waals surface area contributed by atoms with Crippen LogP contribution in [0.25, 0.3) is 0 Å². The van der Waals surface area contributed by atoms with E-state index in [4.69, 9.17) is 4.74 Å². The lowest BCUT2D eigenvalue weighted by atomic mass is 10.2. The lowest BCUT2D eigenvalue weighted by Crippen LogP contribution is -2.18. The van der Waals surface area contributed by atoms with Crippen molar-refractivity contribution in [3.63, 3.8) is 0 Å². The predicted molar refractivity (Wildman–Crippen MR) is 79.9 cm³/mol. The number of ether oxygens (including phenoxy) is 1. The maximum Gasteiger partial charge on any atom is 0.261 e. The van der Waals surface area contributed by atoms with E-state index in [1.165, 1.54) is 6.07 Å². The summed E-state index contributed by atoms with van der Waals surface area (Å²) < 4.78 is 5.35. The van der Waals surface area contributed by atoms with Crippen molar-refractivity contribution < 1.29 is 9.53 Å². The Labute approximate surface area is 122 Å². The van der Waals surface area contributed by atoms with Gasteiger partial charge in [0.05, 0.1) is 12.3 Å². The van der Waals surface area contributed by atoms with Gasteiger partial charge in [-0.05, 0) is 38.5 Å². The summed E-state index contributed by atoms with van der Waals surface area (Å²) in [6.45, 7) is 5.75. The molecule has 2 rings (SSSR count). The van der Waals surface area contributed by atoms with Gasteiger partial charge >= 0.3 is 0 Å². The summed E-state index contributed by atoms with van der Waals surface area (Å²) in [7, 11) is 0. The molecule has 0 saturated heterocycles. The Kier molecular flexibility index (Phi) is 4.37. The Morgan fingerprint density at radius 3 is 2.86 bits per heavy atom. The summed E-state index contributed by atoms with van der Waals surface area (Å²) >= 11 is 0. The Bertz CT molecular complexity index is 696. The molecule has 2 aromatic heterocycles. The second-order valence-electron chi connectivity index (χ2n) is 4.56. The molecule has 0 atom stereocenters. The molecule has 1 amide bonds. The second kappa shape index (κ2) is 6.21. The van der Waals surface area contributed by atoms with Crippen molar-refractivity contribution in [1.29, 1.82) is 0 Å². The van der Waals surface area contributed by atoms with Crippen LogP contribution >= 0.6 is 0 Å². The molecule has 0 fully saturated rings. The van der Waals surface area contributed by atoms with Crippen LogP contribution in [-0.2, 0) is 0 Å². The fraction of sp³-hybridized carbons (Fsp3) is 0.267. The second-order valence-corrected chi connectivity index (χ2v) is 4.56.